The monoisotopic (exact) mass is 408 g/mol. The summed E-state index contributed by atoms with van der Waals surface area (Å²) in [7, 11) is 0. The Labute approximate surface area is 174 Å². The van der Waals surface area contributed by atoms with Gasteiger partial charge in [0.1, 0.15) is 5.03 Å². The minimum atomic E-state index is -0.0346. The number of ether oxygens (including phenoxy) is 1. The highest BCUT2D eigenvalue weighted by atomic mass is 32.2. The van der Waals surface area contributed by atoms with Crippen LogP contribution in [0.25, 0.3) is 5.69 Å². The van der Waals surface area contributed by atoms with E-state index in [0.29, 0.717) is 5.75 Å². The molecular formula is C22H24N4O2S. The maximum atomic E-state index is 12.4. The predicted octanol–water partition coefficient (Wildman–Crippen LogP) is 3.75. The van der Waals surface area contributed by atoms with Crippen LogP contribution in [0.5, 0.6) is 0 Å². The number of carbonyl (C=O) groups is 1. The summed E-state index contributed by atoms with van der Waals surface area (Å²) in [6.45, 7) is 5.27. The fraction of sp³-hybridized carbons (Fsp3) is 0.273. The highest BCUT2D eigenvalue weighted by Crippen LogP contribution is 2.24. The number of rotatable bonds is 6. The summed E-state index contributed by atoms with van der Waals surface area (Å²) in [5, 5.41) is 8.47. The number of amides is 1. The van der Waals surface area contributed by atoms with E-state index in [-0.39, 0.29) is 5.91 Å². The van der Waals surface area contributed by atoms with Gasteiger partial charge in [-0.15, -0.1) is 0 Å². The molecule has 0 saturated carbocycles. The van der Waals surface area contributed by atoms with E-state index in [1.54, 1.807) is 0 Å². The molecule has 7 heteroatoms. The van der Waals surface area contributed by atoms with Crippen LogP contribution in [0.1, 0.15) is 5.69 Å². The molecule has 0 bridgehead atoms. The number of hydrogen-bond acceptors (Lipinski definition) is 5. The van der Waals surface area contributed by atoms with Gasteiger partial charge in [0.2, 0.25) is 5.91 Å². The quantitative estimate of drug-likeness (QED) is 0.630. The third-order valence-electron chi connectivity index (χ3n) is 4.68. The molecule has 2 heterocycles. The van der Waals surface area contributed by atoms with E-state index in [0.717, 1.165) is 54.1 Å². The molecule has 1 aliphatic rings. The maximum absolute atomic E-state index is 12.4. The molecule has 0 spiro atoms. The van der Waals surface area contributed by atoms with E-state index >= 15 is 0 Å². The van der Waals surface area contributed by atoms with Crippen molar-refractivity contribution in [3.05, 3.63) is 66.4 Å². The molecular weight excluding hydrogens is 384 g/mol. The predicted molar refractivity (Wildman–Crippen MR) is 117 cm³/mol. The Kier molecular flexibility index (Phi) is 6.17. The lowest BCUT2D eigenvalue weighted by molar-refractivity contribution is -0.113. The summed E-state index contributed by atoms with van der Waals surface area (Å²) in [4.78, 5) is 14.7. The van der Waals surface area contributed by atoms with E-state index in [1.165, 1.54) is 11.8 Å². The lowest BCUT2D eigenvalue weighted by Gasteiger charge is -2.28. The van der Waals surface area contributed by atoms with Gasteiger partial charge in [0.25, 0.3) is 0 Å². The normalized spacial score (nSPS) is 14.0. The zero-order chi connectivity index (χ0) is 20.1. The first-order valence-corrected chi connectivity index (χ1v) is 10.6. The highest BCUT2D eigenvalue weighted by Gasteiger charge is 2.13. The molecule has 0 unspecified atom stereocenters. The first-order valence-electron chi connectivity index (χ1n) is 9.66. The average molecular weight is 409 g/mol. The van der Waals surface area contributed by atoms with Crippen LogP contribution < -0.4 is 10.2 Å². The van der Waals surface area contributed by atoms with E-state index in [9.17, 15) is 4.79 Å². The minimum absolute atomic E-state index is 0.0346. The van der Waals surface area contributed by atoms with Gasteiger partial charge < -0.3 is 15.0 Å². The van der Waals surface area contributed by atoms with Gasteiger partial charge in [-0.05, 0) is 49.4 Å². The summed E-state index contributed by atoms with van der Waals surface area (Å²) < 4.78 is 7.27. The van der Waals surface area contributed by atoms with Crippen molar-refractivity contribution in [3.8, 4) is 5.69 Å². The van der Waals surface area contributed by atoms with Crippen molar-refractivity contribution in [3.63, 3.8) is 0 Å². The second-order valence-electron chi connectivity index (χ2n) is 6.85. The Morgan fingerprint density at radius 2 is 1.79 bits per heavy atom. The second kappa shape index (κ2) is 9.15. The summed E-state index contributed by atoms with van der Waals surface area (Å²) in [6.07, 6.45) is 0. The Morgan fingerprint density at radius 1 is 1.07 bits per heavy atom. The van der Waals surface area contributed by atoms with Crippen molar-refractivity contribution in [2.45, 2.75) is 11.9 Å². The van der Waals surface area contributed by atoms with E-state index in [2.05, 4.69) is 15.3 Å². The summed E-state index contributed by atoms with van der Waals surface area (Å²) in [5.41, 5.74) is 3.88. The molecule has 1 amide bonds. The fourth-order valence-corrected chi connectivity index (χ4v) is 4.12. The van der Waals surface area contributed by atoms with Crippen molar-refractivity contribution >= 4 is 29.0 Å². The third kappa shape index (κ3) is 4.99. The largest absolute Gasteiger partial charge is 0.378 e. The fourth-order valence-electron chi connectivity index (χ4n) is 3.25. The molecule has 1 aliphatic heterocycles. The molecule has 2 aromatic carbocycles. The number of aromatic nitrogens is 2. The van der Waals surface area contributed by atoms with Gasteiger partial charge in [-0.1, -0.05) is 30.0 Å². The van der Waals surface area contributed by atoms with Crippen molar-refractivity contribution in [1.29, 1.82) is 0 Å². The maximum Gasteiger partial charge on any atom is 0.234 e. The van der Waals surface area contributed by atoms with Crippen LogP contribution >= 0.6 is 11.8 Å². The number of nitrogens with zero attached hydrogens (tertiary/aromatic N) is 3. The molecule has 29 heavy (non-hydrogen) atoms. The number of nitrogens with one attached hydrogen (secondary N) is 1. The zero-order valence-corrected chi connectivity index (χ0v) is 17.2. The van der Waals surface area contributed by atoms with Crippen LogP contribution in [-0.4, -0.2) is 47.7 Å². The Bertz CT molecular complexity index is 951. The summed E-state index contributed by atoms with van der Waals surface area (Å²) >= 11 is 1.48. The SMILES string of the molecule is Cc1cc(SCC(=O)Nc2ccc(N3CCOCC3)cc2)n(-c2ccccc2)n1. The second-order valence-corrected chi connectivity index (χ2v) is 7.85. The van der Waals surface area contributed by atoms with Crippen molar-refractivity contribution in [1.82, 2.24) is 9.78 Å². The van der Waals surface area contributed by atoms with Gasteiger partial charge in [0, 0.05) is 24.5 Å². The number of carbonyl (C=O) groups excluding carboxylic acids is 1. The molecule has 0 aliphatic carbocycles. The number of morpholine rings is 1. The molecule has 0 radical (unpaired) electrons. The van der Waals surface area contributed by atoms with Gasteiger partial charge in [-0.25, -0.2) is 4.68 Å². The van der Waals surface area contributed by atoms with Crippen LogP contribution in [0, 0.1) is 6.92 Å². The van der Waals surface area contributed by atoms with Crippen molar-refractivity contribution in [2.75, 3.05) is 42.3 Å². The lowest BCUT2D eigenvalue weighted by atomic mass is 10.2. The van der Waals surface area contributed by atoms with Crippen molar-refractivity contribution in [2.24, 2.45) is 0 Å². The van der Waals surface area contributed by atoms with Gasteiger partial charge in [-0.2, -0.15) is 5.10 Å². The molecule has 3 aromatic rings. The van der Waals surface area contributed by atoms with Crippen molar-refractivity contribution < 1.29 is 9.53 Å². The Hall–Kier alpha value is -2.77. The number of para-hydroxylation sites is 1. The molecule has 1 saturated heterocycles. The van der Waals surface area contributed by atoms with Crippen LogP contribution in [0.15, 0.2) is 65.7 Å². The van der Waals surface area contributed by atoms with Gasteiger partial charge in [0.15, 0.2) is 0 Å². The van der Waals surface area contributed by atoms with E-state index in [4.69, 9.17) is 4.74 Å². The number of aryl methyl sites for hydroxylation is 1. The summed E-state index contributed by atoms with van der Waals surface area (Å²) in [6, 6.07) is 19.9. The number of thioether (sulfide) groups is 1. The molecule has 1 fully saturated rings. The average Bonchev–Trinajstić information content (AvgIpc) is 3.15. The standard InChI is InChI=1S/C22H24N4O2S/c1-17-15-22(26(24-17)20-5-3-2-4-6-20)29-16-21(27)23-18-7-9-19(10-8-18)25-11-13-28-14-12-25/h2-10,15H,11-14,16H2,1H3,(H,23,27). The molecule has 4 rings (SSSR count). The zero-order valence-electron chi connectivity index (χ0n) is 16.4. The third-order valence-corrected chi connectivity index (χ3v) is 5.67. The van der Waals surface area contributed by atoms with E-state index in [1.807, 2.05) is 72.3 Å². The van der Waals surface area contributed by atoms with Crippen LogP contribution in [0.2, 0.25) is 0 Å². The van der Waals surface area contributed by atoms with Gasteiger partial charge in [0.05, 0.1) is 30.3 Å². The van der Waals surface area contributed by atoms with Gasteiger partial charge in [-0.3, -0.25) is 4.79 Å². The molecule has 6 nitrogen and oxygen atoms in total. The molecule has 1 aromatic heterocycles. The number of anilines is 2. The first kappa shape index (κ1) is 19.5. The van der Waals surface area contributed by atoms with Crippen LogP contribution in [0.4, 0.5) is 11.4 Å². The number of benzene rings is 2. The lowest BCUT2D eigenvalue weighted by Crippen LogP contribution is -2.36. The highest BCUT2D eigenvalue weighted by molar-refractivity contribution is 7.99. The Balaban J connectivity index is 1.35. The molecule has 1 N–H and O–H groups in total. The Morgan fingerprint density at radius 3 is 2.52 bits per heavy atom. The topological polar surface area (TPSA) is 59.4 Å². The molecule has 0 atom stereocenters. The molecule has 150 valence electrons. The van der Waals surface area contributed by atoms with Crippen LogP contribution in [-0.2, 0) is 9.53 Å². The minimum Gasteiger partial charge on any atom is -0.378 e. The number of hydrogen-bond donors (Lipinski definition) is 1. The van der Waals surface area contributed by atoms with E-state index < -0.39 is 0 Å². The first-order chi connectivity index (χ1) is 14.2. The summed E-state index contributed by atoms with van der Waals surface area (Å²) in [5.74, 6) is 0.288. The van der Waals surface area contributed by atoms with Crippen LogP contribution in [0.3, 0.4) is 0 Å². The smallest absolute Gasteiger partial charge is 0.234 e. The van der Waals surface area contributed by atoms with Gasteiger partial charge >= 0.3 is 0 Å².